The summed E-state index contributed by atoms with van der Waals surface area (Å²) in [7, 11) is -1.22. The minimum Gasteiger partial charge on any atom is -0.493 e. The molecular formula is C11H14BrNO6S. The average Bonchev–Trinajstić information content (AvgIpc) is 2.37. The molecule has 0 heterocycles. The highest BCUT2D eigenvalue weighted by Crippen LogP contribution is 2.35. The fourth-order valence-electron chi connectivity index (χ4n) is 1.39. The van der Waals surface area contributed by atoms with Crippen LogP contribution in [0.5, 0.6) is 11.5 Å². The van der Waals surface area contributed by atoms with Gasteiger partial charge in [0.1, 0.15) is 10.9 Å². The first kappa shape index (κ1) is 16.7. The number of halogens is 1. The van der Waals surface area contributed by atoms with Crippen molar-refractivity contribution in [2.45, 2.75) is 17.9 Å². The van der Waals surface area contributed by atoms with Crippen molar-refractivity contribution in [3.8, 4) is 11.5 Å². The van der Waals surface area contributed by atoms with Gasteiger partial charge in [0, 0.05) is 10.5 Å². The number of benzene rings is 1. The van der Waals surface area contributed by atoms with Crippen LogP contribution in [0.15, 0.2) is 21.5 Å². The Balaban J connectivity index is 3.28. The SMILES string of the molecule is COc1cc(Br)c(S(=O)(=O)N[C@H](C)C(=O)O)cc1OC. The third-order valence-electron chi connectivity index (χ3n) is 2.43. The molecule has 0 saturated carbocycles. The molecule has 0 aliphatic rings. The quantitative estimate of drug-likeness (QED) is 0.783. The molecule has 1 atom stereocenters. The summed E-state index contributed by atoms with van der Waals surface area (Å²) in [6.45, 7) is 1.23. The van der Waals surface area contributed by atoms with Gasteiger partial charge >= 0.3 is 5.97 Å². The van der Waals surface area contributed by atoms with Gasteiger partial charge in [-0.3, -0.25) is 4.79 Å². The number of carboxylic acids is 1. The number of carbonyl (C=O) groups is 1. The summed E-state index contributed by atoms with van der Waals surface area (Å²) in [4.78, 5) is 10.6. The largest absolute Gasteiger partial charge is 0.493 e. The maximum Gasteiger partial charge on any atom is 0.321 e. The Morgan fingerprint density at radius 1 is 1.30 bits per heavy atom. The zero-order valence-electron chi connectivity index (χ0n) is 11.0. The predicted octanol–water partition coefficient (Wildman–Crippen LogP) is 1.22. The van der Waals surface area contributed by atoms with Gasteiger partial charge in [0.05, 0.1) is 14.2 Å². The van der Waals surface area contributed by atoms with E-state index >= 15 is 0 Å². The summed E-state index contributed by atoms with van der Waals surface area (Å²) in [5.41, 5.74) is 0. The maximum atomic E-state index is 12.1. The molecule has 7 nitrogen and oxygen atoms in total. The Labute approximate surface area is 125 Å². The molecule has 0 aromatic heterocycles. The lowest BCUT2D eigenvalue weighted by Crippen LogP contribution is -2.38. The Morgan fingerprint density at radius 2 is 1.80 bits per heavy atom. The monoisotopic (exact) mass is 367 g/mol. The third kappa shape index (κ3) is 3.62. The van der Waals surface area contributed by atoms with Crippen LogP contribution in [0.25, 0.3) is 0 Å². The van der Waals surface area contributed by atoms with Gasteiger partial charge in [-0.1, -0.05) is 0 Å². The Morgan fingerprint density at radius 3 is 2.25 bits per heavy atom. The average molecular weight is 368 g/mol. The van der Waals surface area contributed by atoms with Gasteiger partial charge in [-0.15, -0.1) is 0 Å². The van der Waals surface area contributed by atoms with Gasteiger partial charge < -0.3 is 14.6 Å². The number of ether oxygens (including phenoxy) is 2. The van der Waals surface area contributed by atoms with Crippen LogP contribution in [-0.4, -0.2) is 39.8 Å². The molecule has 112 valence electrons. The van der Waals surface area contributed by atoms with Crippen LogP contribution < -0.4 is 14.2 Å². The lowest BCUT2D eigenvalue weighted by Gasteiger charge is -2.14. The zero-order valence-corrected chi connectivity index (χ0v) is 13.4. The van der Waals surface area contributed by atoms with Crippen molar-refractivity contribution in [3.63, 3.8) is 0 Å². The van der Waals surface area contributed by atoms with Crippen molar-refractivity contribution in [2.75, 3.05) is 14.2 Å². The van der Waals surface area contributed by atoms with Gasteiger partial charge in [0.15, 0.2) is 11.5 Å². The van der Waals surface area contributed by atoms with Crippen LogP contribution in [0.2, 0.25) is 0 Å². The molecule has 0 bridgehead atoms. The Bertz CT molecular complexity index is 616. The van der Waals surface area contributed by atoms with Crippen LogP contribution in [0.3, 0.4) is 0 Å². The number of nitrogens with one attached hydrogen (secondary N) is 1. The van der Waals surface area contributed by atoms with E-state index in [-0.39, 0.29) is 15.1 Å². The number of hydrogen-bond donors (Lipinski definition) is 2. The van der Waals surface area contributed by atoms with Gasteiger partial charge in [-0.25, -0.2) is 8.42 Å². The van der Waals surface area contributed by atoms with Crippen LogP contribution in [-0.2, 0) is 14.8 Å². The first-order chi connectivity index (χ1) is 9.22. The van der Waals surface area contributed by atoms with Gasteiger partial charge in [0.25, 0.3) is 0 Å². The standard InChI is InChI=1S/C11H14BrNO6S/c1-6(11(14)15)13-20(16,17)10-5-9(19-3)8(18-2)4-7(10)12/h4-6,13H,1-3H3,(H,14,15)/t6-/m1/s1. The van der Waals surface area contributed by atoms with Crippen molar-refractivity contribution in [3.05, 3.63) is 16.6 Å². The van der Waals surface area contributed by atoms with E-state index in [0.29, 0.717) is 5.75 Å². The number of aliphatic carboxylic acids is 1. The third-order valence-corrected chi connectivity index (χ3v) is 4.93. The lowest BCUT2D eigenvalue weighted by atomic mass is 10.3. The van der Waals surface area contributed by atoms with Crippen molar-refractivity contribution in [1.82, 2.24) is 4.72 Å². The molecule has 9 heteroatoms. The van der Waals surface area contributed by atoms with Gasteiger partial charge in [-0.05, 0) is 28.9 Å². The number of sulfonamides is 1. The molecule has 20 heavy (non-hydrogen) atoms. The van der Waals surface area contributed by atoms with Crippen molar-refractivity contribution >= 4 is 31.9 Å². The van der Waals surface area contributed by atoms with Crippen molar-refractivity contribution < 1.29 is 27.8 Å². The molecule has 0 aliphatic carbocycles. The van der Waals surface area contributed by atoms with E-state index in [9.17, 15) is 13.2 Å². The number of hydrogen-bond acceptors (Lipinski definition) is 5. The van der Waals surface area contributed by atoms with Crippen molar-refractivity contribution in [2.24, 2.45) is 0 Å². The van der Waals surface area contributed by atoms with Gasteiger partial charge in [0.2, 0.25) is 10.0 Å². The topological polar surface area (TPSA) is 102 Å². The summed E-state index contributed by atoms with van der Waals surface area (Å²) in [6.07, 6.45) is 0. The van der Waals surface area contributed by atoms with E-state index in [4.69, 9.17) is 14.6 Å². The number of carboxylic acid groups (broad SMARTS) is 1. The smallest absolute Gasteiger partial charge is 0.321 e. The summed E-state index contributed by atoms with van der Waals surface area (Å²) in [5, 5.41) is 8.76. The van der Waals surface area contributed by atoms with E-state index in [0.717, 1.165) is 0 Å². The number of methoxy groups -OCH3 is 2. The first-order valence-corrected chi connectivity index (χ1v) is 7.67. The van der Waals surface area contributed by atoms with Gasteiger partial charge in [-0.2, -0.15) is 4.72 Å². The second-order valence-electron chi connectivity index (χ2n) is 3.82. The molecule has 1 aromatic rings. The summed E-state index contributed by atoms with van der Waals surface area (Å²) < 4.78 is 36.6. The molecule has 1 rings (SSSR count). The van der Waals surface area contributed by atoms with Crippen LogP contribution >= 0.6 is 15.9 Å². The van der Waals surface area contributed by atoms with Crippen LogP contribution in [0, 0.1) is 0 Å². The lowest BCUT2D eigenvalue weighted by molar-refractivity contribution is -0.138. The fourth-order valence-corrected chi connectivity index (χ4v) is 3.62. The van der Waals surface area contributed by atoms with Crippen molar-refractivity contribution in [1.29, 1.82) is 0 Å². The first-order valence-electron chi connectivity index (χ1n) is 5.39. The molecule has 0 radical (unpaired) electrons. The van der Waals surface area contributed by atoms with E-state index in [2.05, 4.69) is 15.9 Å². The molecule has 1 aromatic carbocycles. The summed E-state index contributed by atoms with van der Waals surface area (Å²) >= 11 is 3.11. The second-order valence-corrected chi connectivity index (χ2v) is 6.36. The van der Waals surface area contributed by atoms with E-state index < -0.39 is 22.0 Å². The Hall–Kier alpha value is -1.32. The van der Waals surface area contributed by atoms with E-state index in [1.54, 1.807) is 0 Å². The Kier molecular flexibility index (Phi) is 5.37. The highest BCUT2D eigenvalue weighted by molar-refractivity contribution is 9.10. The molecular weight excluding hydrogens is 354 g/mol. The number of rotatable bonds is 6. The second kappa shape index (κ2) is 6.42. The molecule has 0 spiro atoms. The molecule has 0 aliphatic heterocycles. The van der Waals surface area contributed by atoms with E-state index in [1.807, 2.05) is 4.72 Å². The van der Waals surface area contributed by atoms with E-state index in [1.165, 1.54) is 33.3 Å². The predicted molar refractivity (Wildman–Crippen MR) is 74.7 cm³/mol. The molecule has 0 fully saturated rings. The molecule has 0 amide bonds. The zero-order chi connectivity index (χ0) is 15.5. The molecule has 0 saturated heterocycles. The van der Waals surface area contributed by atoms with Crippen LogP contribution in [0.4, 0.5) is 0 Å². The minimum atomic E-state index is -4.01. The molecule has 0 unspecified atom stereocenters. The minimum absolute atomic E-state index is 0.136. The maximum absolute atomic E-state index is 12.1. The fraction of sp³-hybridized carbons (Fsp3) is 0.364. The summed E-state index contributed by atoms with van der Waals surface area (Å²) in [5.74, 6) is -0.700. The van der Waals surface area contributed by atoms with Crippen LogP contribution in [0.1, 0.15) is 6.92 Å². The highest BCUT2D eigenvalue weighted by Gasteiger charge is 2.25. The summed E-state index contributed by atoms with van der Waals surface area (Å²) in [6, 6.07) is 1.43. The molecule has 2 N–H and O–H groups in total. The highest BCUT2D eigenvalue weighted by atomic mass is 79.9. The normalized spacial score (nSPS) is 12.8.